The second-order valence-electron chi connectivity index (χ2n) is 7.57. The number of nitrogens with one attached hydrogen (secondary N) is 1. The van der Waals surface area contributed by atoms with Gasteiger partial charge in [-0.2, -0.15) is 0 Å². The summed E-state index contributed by atoms with van der Waals surface area (Å²) in [5, 5.41) is 3.61. The van der Waals surface area contributed by atoms with Gasteiger partial charge in [-0.15, -0.1) is 0 Å². The van der Waals surface area contributed by atoms with Crippen LogP contribution in [-0.4, -0.2) is 18.1 Å². The molecule has 15 heavy (non-hydrogen) atoms. The molecule has 0 amide bonds. The Bertz CT molecular complexity index is 256. The van der Waals surface area contributed by atoms with E-state index >= 15 is 0 Å². The SMILES string of the molecule is CNC12CC3(C)CC(C)(CC(N)(C3)C1)C2. The maximum atomic E-state index is 6.61. The molecule has 2 atom stereocenters. The van der Waals surface area contributed by atoms with Gasteiger partial charge in [-0.1, -0.05) is 13.8 Å². The topological polar surface area (TPSA) is 38.0 Å². The molecule has 0 spiro atoms. The van der Waals surface area contributed by atoms with Crippen LogP contribution in [0.4, 0.5) is 0 Å². The van der Waals surface area contributed by atoms with Gasteiger partial charge in [0.1, 0.15) is 0 Å². The third-order valence-electron chi connectivity index (χ3n) is 5.16. The van der Waals surface area contributed by atoms with Crippen molar-refractivity contribution >= 4 is 0 Å². The molecule has 4 aliphatic rings. The van der Waals surface area contributed by atoms with Crippen molar-refractivity contribution in [3.05, 3.63) is 0 Å². The van der Waals surface area contributed by atoms with Gasteiger partial charge in [-0.25, -0.2) is 0 Å². The van der Waals surface area contributed by atoms with Gasteiger partial charge < -0.3 is 11.1 Å². The number of rotatable bonds is 1. The summed E-state index contributed by atoms with van der Waals surface area (Å²) in [4.78, 5) is 0. The van der Waals surface area contributed by atoms with Crippen LogP contribution in [0.25, 0.3) is 0 Å². The predicted molar refractivity (Wildman–Crippen MR) is 62.6 cm³/mol. The van der Waals surface area contributed by atoms with E-state index in [0.29, 0.717) is 16.4 Å². The molecule has 4 rings (SSSR count). The minimum atomic E-state index is 0.126. The van der Waals surface area contributed by atoms with Crippen molar-refractivity contribution in [3.8, 4) is 0 Å². The number of hydrogen-bond acceptors (Lipinski definition) is 2. The fourth-order valence-electron chi connectivity index (χ4n) is 6.05. The summed E-state index contributed by atoms with van der Waals surface area (Å²) in [7, 11) is 2.13. The van der Waals surface area contributed by atoms with Crippen molar-refractivity contribution in [2.24, 2.45) is 16.6 Å². The van der Waals surface area contributed by atoms with Crippen molar-refractivity contribution < 1.29 is 0 Å². The normalized spacial score (nSPS) is 62.4. The van der Waals surface area contributed by atoms with Crippen LogP contribution in [0.1, 0.15) is 52.4 Å². The second kappa shape index (κ2) is 2.43. The van der Waals surface area contributed by atoms with Crippen LogP contribution in [0.3, 0.4) is 0 Å². The van der Waals surface area contributed by atoms with E-state index in [1.807, 2.05) is 0 Å². The molecule has 0 aromatic heterocycles. The van der Waals surface area contributed by atoms with Crippen molar-refractivity contribution in [2.45, 2.75) is 63.5 Å². The van der Waals surface area contributed by atoms with Crippen molar-refractivity contribution in [1.29, 1.82) is 0 Å². The summed E-state index contributed by atoms with van der Waals surface area (Å²) in [5.74, 6) is 0. The summed E-state index contributed by atoms with van der Waals surface area (Å²) < 4.78 is 0. The van der Waals surface area contributed by atoms with Gasteiger partial charge in [0.05, 0.1) is 0 Å². The Morgan fingerprint density at radius 1 is 0.867 bits per heavy atom. The zero-order valence-electron chi connectivity index (χ0n) is 10.3. The monoisotopic (exact) mass is 208 g/mol. The van der Waals surface area contributed by atoms with Crippen LogP contribution < -0.4 is 11.1 Å². The maximum Gasteiger partial charge on any atom is 0.0206 e. The Morgan fingerprint density at radius 3 is 1.80 bits per heavy atom. The van der Waals surface area contributed by atoms with E-state index in [2.05, 4.69) is 26.2 Å². The van der Waals surface area contributed by atoms with Crippen LogP contribution in [0.5, 0.6) is 0 Å². The molecular weight excluding hydrogens is 184 g/mol. The maximum absolute atomic E-state index is 6.61. The zero-order chi connectivity index (χ0) is 10.9. The minimum Gasteiger partial charge on any atom is -0.325 e. The first kappa shape index (κ1) is 10.1. The third-order valence-corrected chi connectivity index (χ3v) is 5.16. The lowest BCUT2D eigenvalue weighted by atomic mass is 9.40. The van der Waals surface area contributed by atoms with Crippen LogP contribution in [0.2, 0.25) is 0 Å². The fraction of sp³-hybridized carbons (Fsp3) is 1.00. The molecule has 0 aromatic carbocycles. The fourth-order valence-corrected chi connectivity index (χ4v) is 6.05. The van der Waals surface area contributed by atoms with Crippen LogP contribution >= 0.6 is 0 Å². The summed E-state index contributed by atoms with van der Waals surface area (Å²) in [6.07, 6.45) is 7.76. The number of nitrogens with two attached hydrogens (primary N) is 1. The summed E-state index contributed by atoms with van der Waals surface area (Å²) in [6.45, 7) is 4.91. The molecule has 2 unspecified atom stereocenters. The first-order chi connectivity index (χ1) is 6.80. The Hall–Kier alpha value is -0.0800. The van der Waals surface area contributed by atoms with E-state index in [1.165, 1.54) is 38.5 Å². The van der Waals surface area contributed by atoms with Crippen molar-refractivity contribution in [2.75, 3.05) is 7.05 Å². The van der Waals surface area contributed by atoms with Crippen molar-refractivity contribution in [1.82, 2.24) is 5.32 Å². The van der Waals surface area contributed by atoms with Gasteiger partial charge in [-0.05, 0) is 56.4 Å². The van der Waals surface area contributed by atoms with Gasteiger partial charge in [0, 0.05) is 11.1 Å². The van der Waals surface area contributed by atoms with Gasteiger partial charge >= 0.3 is 0 Å². The number of hydrogen-bond donors (Lipinski definition) is 2. The molecule has 86 valence electrons. The van der Waals surface area contributed by atoms with Gasteiger partial charge in [-0.3, -0.25) is 0 Å². The quantitative estimate of drug-likeness (QED) is 0.692. The molecule has 0 saturated heterocycles. The van der Waals surface area contributed by atoms with E-state index in [0.717, 1.165) is 0 Å². The highest BCUT2D eigenvalue weighted by Crippen LogP contribution is 2.66. The average Bonchev–Trinajstić information content (AvgIpc) is 1.94. The molecule has 0 aromatic rings. The third kappa shape index (κ3) is 1.31. The first-order valence-corrected chi connectivity index (χ1v) is 6.28. The summed E-state index contributed by atoms with van der Waals surface area (Å²) in [5.41, 5.74) is 8.09. The molecule has 2 nitrogen and oxygen atoms in total. The minimum absolute atomic E-state index is 0.126. The molecule has 0 radical (unpaired) electrons. The van der Waals surface area contributed by atoms with E-state index in [1.54, 1.807) is 0 Å². The molecular formula is C13H24N2. The van der Waals surface area contributed by atoms with E-state index < -0.39 is 0 Å². The second-order valence-corrected chi connectivity index (χ2v) is 7.57. The van der Waals surface area contributed by atoms with Gasteiger partial charge in [0.15, 0.2) is 0 Å². The van der Waals surface area contributed by atoms with E-state index in [-0.39, 0.29) is 5.54 Å². The zero-order valence-corrected chi connectivity index (χ0v) is 10.3. The predicted octanol–water partition coefficient (Wildman–Crippen LogP) is 2.04. The highest BCUT2D eigenvalue weighted by molar-refractivity contribution is 5.20. The highest BCUT2D eigenvalue weighted by atomic mass is 15.0. The van der Waals surface area contributed by atoms with Gasteiger partial charge in [0.2, 0.25) is 0 Å². The van der Waals surface area contributed by atoms with Crippen LogP contribution in [0.15, 0.2) is 0 Å². The summed E-state index contributed by atoms with van der Waals surface area (Å²) >= 11 is 0. The molecule has 4 fully saturated rings. The molecule has 2 heteroatoms. The Labute approximate surface area is 93.0 Å². The Morgan fingerprint density at radius 2 is 1.40 bits per heavy atom. The standard InChI is InChI=1S/C13H24N2/c1-10-4-11(2)6-12(14,5-10)9-13(7-10,8-11)15-3/h15H,4-9,14H2,1-3H3. The highest BCUT2D eigenvalue weighted by Gasteiger charge is 2.63. The van der Waals surface area contributed by atoms with Crippen LogP contribution in [-0.2, 0) is 0 Å². The smallest absolute Gasteiger partial charge is 0.0206 e. The lowest BCUT2D eigenvalue weighted by molar-refractivity contribution is -0.126. The lowest BCUT2D eigenvalue weighted by Crippen LogP contribution is -2.71. The molecule has 4 saturated carbocycles. The van der Waals surface area contributed by atoms with Gasteiger partial charge in [0.25, 0.3) is 0 Å². The molecule has 4 bridgehead atoms. The molecule has 0 heterocycles. The first-order valence-electron chi connectivity index (χ1n) is 6.28. The van der Waals surface area contributed by atoms with E-state index in [9.17, 15) is 0 Å². The van der Waals surface area contributed by atoms with Crippen molar-refractivity contribution in [3.63, 3.8) is 0 Å². The summed E-state index contributed by atoms with van der Waals surface area (Å²) in [6, 6.07) is 0. The molecule has 3 N–H and O–H groups in total. The average molecular weight is 208 g/mol. The van der Waals surface area contributed by atoms with Crippen LogP contribution in [0, 0.1) is 10.8 Å². The largest absolute Gasteiger partial charge is 0.325 e. The Balaban J connectivity index is 2.06. The van der Waals surface area contributed by atoms with E-state index in [4.69, 9.17) is 5.73 Å². The Kier molecular flexibility index (Phi) is 1.64. The molecule has 4 aliphatic carbocycles. The molecule has 0 aliphatic heterocycles. The lowest BCUT2D eigenvalue weighted by Gasteiger charge is -2.68.